The second kappa shape index (κ2) is 6.05. The Labute approximate surface area is 110 Å². The van der Waals surface area contributed by atoms with Crippen molar-refractivity contribution in [1.29, 1.82) is 0 Å². The van der Waals surface area contributed by atoms with Crippen molar-refractivity contribution in [3.05, 3.63) is 28.7 Å². The minimum absolute atomic E-state index is 0.208. The number of benzene rings is 1. The van der Waals surface area contributed by atoms with Crippen LogP contribution in [0.2, 0.25) is 0 Å². The van der Waals surface area contributed by atoms with Crippen LogP contribution in [0.4, 0.5) is 0 Å². The second-order valence-corrected chi connectivity index (χ2v) is 5.06. The van der Waals surface area contributed by atoms with Crippen molar-refractivity contribution in [1.82, 2.24) is 4.90 Å². The number of ether oxygens (including phenoxy) is 1. The Kier molecular flexibility index (Phi) is 4.42. The Balaban J connectivity index is 1.72. The van der Waals surface area contributed by atoms with Gasteiger partial charge in [-0.3, -0.25) is 4.79 Å². The van der Waals surface area contributed by atoms with E-state index in [-0.39, 0.29) is 5.91 Å². The molecule has 1 aromatic carbocycles. The van der Waals surface area contributed by atoms with Crippen molar-refractivity contribution in [3.8, 4) is 5.75 Å². The van der Waals surface area contributed by atoms with Gasteiger partial charge >= 0.3 is 0 Å². The topological polar surface area (TPSA) is 29.5 Å². The van der Waals surface area contributed by atoms with Crippen molar-refractivity contribution < 1.29 is 9.53 Å². The minimum Gasteiger partial charge on any atom is -0.493 e. The molecule has 0 radical (unpaired) electrons. The van der Waals surface area contributed by atoms with E-state index in [1.807, 2.05) is 29.2 Å². The van der Waals surface area contributed by atoms with Crippen LogP contribution in [0.5, 0.6) is 5.75 Å². The first kappa shape index (κ1) is 12.4. The SMILES string of the molecule is O=C(CCOc1ccc(Br)cc1)N1CCCC1. The molecule has 0 unspecified atom stereocenters. The van der Waals surface area contributed by atoms with Crippen LogP contribution >= 0.6 is 15.9 Å². The van der Waals surface area contributed by atoms with E-state index in [2.05, 4.69) is 15.9 Å². The number of amides is 1. The number of carbonyl (C=O) groups is 1. The molecule has 0 aromatic heterocycles. The zero-order valence-electron chi connectivity index (χ0n) is 9.69. The van der Waals surface area contributed by atoms with E-state index in [1.54, 1.807) is 0 Å². The molecule has 1 amide bonds. The lowest BCUT2D eigenvalue weighted by Crippen LogP contribution is -2.28. The van der Waals surface area contributed by atoms with Crippen LogP contribution in [0.1, 0.15) is 19.3 Å². The predicted octanol–water partition coefficient (Wildman–Crippen LogP) is 2.84. The van der Waals surface area contributed by atoms with E-state index in [0.717, 1.165) is 36.2 Å². The molecule has 0 aliphatic carbocycles. The molecule has 1 saturated heterocycles. The van der Waals surface area contributed by atoms with Gasteiger partial charge in [0.15, 0.2) is 0 Å². The second-order valence-electron chi connectivity index (χ2n) is 4.14. The van der Waals surface area contributed by atoms with Crippen LogP contribution in [0, 0.1) is 0 Å². The van der Waals surface area contributed by atoms with Crippen LogP contribution in [-0.4, -0.2) is 30.5 Å². The highest BCUT2D eigenvalue weighted by molar-refractivity contribution is 9.10. The minimum atomic E-state index is 0.208. The molecule has 1 aliphatic heterocycles. The maximum Gasteiger partial charge on any atom is 0.225 e. The van der Waals surface area contributed by atoms with Crippen molar-refractivity contribution in [2.75, 3.05) is 19.7 Å². The quantitative estimate of drug-likeness (QED) is 0.855. The van der Waals surface area contributed by atoms with E-state index < -0.39 is 0 Å². The average Bonchev–Trinajstić information content (AvgIpc) is 2.85. The van der Waals surface area contributed by atoms with Gasteiger partial charge in [0.25, 0.3) is 0 Å². The van der Waals surface area contributed by atoms with Crippen LogP contribution < -0.4 is 4.74 Å². The molecule has 0 N–H and O–H groups in total. The van der Waals surface area contributed by atoms with Gasteiger partial charge in [0.2, 0.25) is 5.91 Å². The number of likely N-dealkylation sites (tertiary alicyclic amines) is 1. The molecule has 1 aliphatic rings. The summed E-state index contributed by atoms with van der Waals surface area (Å²) in [6.45, 7) is 2.28. The number of hydrogen-bond donors (Lipinski definition) is 0. The normalized spacial score (nSPS) is 15.0. The molecule has 17 heavy (non-hydrogen) atoms. The third-order valence-corrected chi connectivity index (χ3v) is 3.39. The fourth-order valence-electron chi connectivity index (χ4n) is 1.91. The Morgan fingerprint density at radius 1 is 1.24 bits per heavy atom. The van der Waals surface area contributed by atoms with Gasteiger partial charge in [-0.1, -0.05) is 15.9 Å². The summed E-state index contributed by atoms with van der Waals surface area (Å²) in [5, 5.41) is 0. The number of rotatable bonds is 4. The predicted molar refractivity (Wildman–Crippen MR) is 70.1 cm³/mol. The molecule has 3 nitrogen and oxygen atoms in total. The maximum absolute atomic E-state index is 11.7. The van der Waals surface area contributed by atoms with E-state index in [4.69, 9.17) is 4.74 Å². The third kappa shape index (κ3) is 3.73. The van der Waals surface area contributed by atoms with Crippen LogP contribution in [0.25, 0.3) is 0 Å². The van der Waals surface area contributed by atoms with Crippen molar-refractivity contribution >= 4 is 21.8 Å². The number of nitrogens with zero attached hydrogens (tertiary/aromatic N) is 1. The zero-order valence-corrected chi connectivity index (χ0v) is 11.3. The van der Waals surface area contributed by atoms with Crippen molar-refractivity contribution in [3.63, 3.8) is 0 Å². The summed E-state index contributed by atoms with van der Waals surface area (Å²) in [7, 11) is 0. The lowest BCUT2D eigenvalue weighted by atomic mass is 10.3. The Morgan fingerprint density at radius 2 is 1.88 bits per heavy atom. The summed E-state index contributed by atoms with van der Waals surface area (Å²) >= 11 is 3.37. The lowest BCUT2D eigenvalue weighted by Gasteiger charge is -2.15. The molecular weight excluding hydrogens is 282 g/mol. The summed E-state index contributed by atoms with van der Waals surface area (Å²) < 4.78 is 6.55. The number of hydrogen-bond acceptors (Lipinski definition) is 2. The summed E-state index contributed by atoms with van der Waals surface area (Å²) in [5.41, 5.74) is 0. The molecule has 1 aromatic rings. The third-order valence-electron chi connectivity index (χ3n) is 2.86. The van der Waals surface area contributed by atoms with Crippen LogP contribution in [0.15, 0.2) is 28.7 Å². The van der Waals surface area contributed by atoms with Gasteiger partial charge in [-0.25, -0.2) is 0 Å². The lowest BCUT2D eigenvalue weighted by molar-refractivity contribution is -0.130. The first-order valence-electron chi connectivity index (χ1n) is 5.92. The summed E-state index contributed by atoms with van der Waals surface area (Å²) in [5.74, 6) is 1.02. The fourth-order valence-corrected chi connectivity index (χ4v) is 2.18. The summed E-state index contributed by atoms with van der Waals surface area (Å²) in [6.07, 6.45) is 2.74. The molecule has 1 heterocycles. The number of carbonyl (C=O) groups excluding carboxylic acids is 1. The van der Waals surface area contributed by atoms with E-state index in [9.17, 15) is 4.79 Å². The molecule has 2 rings (SSSR count). The van der Waals surface area contributed by atoms with Crippen molar-refractivity contribution in [2.45, 2.75) is 19.3 Å². The molecule has 0 saturated carbocycles. The standard InChI is InChI=1S/C13H16BrNO2/c14-11-3-5-12(6-4-11)17-10-7-13(16)15-8-1-2-9-15/h3-6H,1-2,7-10H2. The van der Waals surface area contributed by atoms with Gasteiger partial charge in [-0.2, -0.15) is 0 Å². The molecule has 0 atom stereocenters. The number of halogens is 1. The smallest absolute Gasteiger partial charge is 0.225 e. The fraction of sp³-hybridized carbons (Fsp3) is 0.462. The Hall–Kier alpha value is -1.03. The van der Waals surface area contributed by atoms with Gasteiger partial charge in [0, 0.05) is 17.6 Å². The Bertz CT molecular complexity index is 372. The molecule has 92 valence electrons. The van der Waals surface area contributed by atoms with Gasteiger partial charge in [-0.05, 0) is 37.1 Å². The van der Waals surface area contributed by atoms with Crippen LogP contribution in [0.3, 0.4) is 0 Å². The van der Waals surface area contributed by atoms with Gasteiger partial charge in [0.05, 0.1) is 13.0 Å². The van der Waals surface area contributed by atoms with E-state index in [1.165, 1.54) is 0 Å². The highest BCUT2D eigenvalue weighted by Crippen LogP contribution is 2.16. The van der Waals surface area contributed by atoms with Gasteiger partial charge < -0.3 is 9.64 Å². The first-order valence-corrected chi connectivity index (χ1v) is 6.71. The first-order chi connectivity index (χ1) is 8.25. The molecule has 1 fully saturated rings. The van der Waals surface area contributed by atoms with E-state index in [0.29, 0.717) is 13.0 Å². The van der Waals surface area contributed by atoms with Gasteiger partial charge in [0.1, 0.15) is 5.75 Å². The van der Waals surface area contributed by atoms with Gasteiger partial charge in [-0.15, -0.1) is 0 Å². The maximum atomic E-state index is 11.7. The molecule has 0 spiro atoms. The van der Waals surface area contributed by atoms with Crippen molar-refractivity contribution in [2.24, 2.45) is 0 Å². The van der Waals surface area contributed by atoms with Crippen LogP contribution in [-0.2, 0) is 4.79 Å². The highest BCUT2D eigenvalue weighted by Gasteiger charge is 2.17. The highest BCUT2D eigenvalue weighted by atomic mass is 79.9. The summed E-state index contributed by atoms with van der Waals surface area (Å²) in [6, 6.07) is 7.64. The zero-order chi connectivity index (χ0) is 12.1. The molecule has 4 heteroatoms. The summed E-state index contributed by atoms with van der Waals surface area (Å²) in [4.78, 5) is 13.6. The molecular formula is C13H16BrNO2. The largest absolute Gasteiger partial charge is 0.493 e. The molecule has 0 bridgehead atoms. The Morgan fingerprint density at radius 3 is 2.53 bits per heavy atom. The van der Waals surface area contributed by atoms with E-state index >= 15 is 0 Å². The monoisotopic (exact) mass is 297 g/mol. The average molecular weight is 298 g/mol.